The van der Waals surface area contributed by atoms with Crippen LogP contribution in [0.4, 0.5) is 0 Å². The van der Waals surface area contributed by atoms with Crippen molar-refractivity contribution in [2.45, 2.75) is 38.3 Å². The molecule has 1 N–H and O–H groups in total. The van der Waals surface area contributed by atoms with Gasteiger partial charge >= 0.3 is 0 Å². The van der Waals surface area contributed by atoms with E-state index in [9.17, 15) is 0 Å². The molecule has 1 aliphatic heterocycles. The molecule has 2 aromatic rings. The molecular weight excluding hydrogens is 370 g/mol. The zero-order chi connectivity index (χ0) is 19.9. The number of nitrogens with one attached hydrogen (secondary N) is 1. The Morgan fingerprint density at radius 2 is 1.86 bits per heavy atom. The highest BCUT2D eigenvalue weighted by Gasteiger charge is 2.29. The molecule has 4 nitrogen and oxygen atoms in total. The zero-order valence-corrected chi connectivity index (χ0v) is 18.1. The lowest BCUT2D eigenvalue weighted by molar-refractivity contribution is 0.309. The van der Waals surface area contributed by atoms with Crippen molar-refractivity contribution in [3.05, 3.63) is 53.6 Å². The molecule has 0 radical (unpaired) electrons. The fourth-order valence-electron chi connectivity index (χ4n) is 3.77. The van der Waals surface area contributed by atoms with Gasteiger partial charge in [-0.2, -0.15) is 11.8 Å². The Morgan fingerprint density at radius 1 is 1.07 bits per heavy atom. The Bertz CT molecular complexity index is 750. The normalized spacial score (nSPS) is 20.4. The van der Waals surface area contributed by atoms with Crippen LogP contribution in [0, 0.1) is 0 Å². The predicted molar refractivity (Wildman–Crippen MR) is 117 cm³/mol. The van der Waals surface area contributed by atoms with Gasteiger partial charge in [-0.15, -0.1) is 0 Å². The summed E-state index contributed by atoms with van der Waals surface area (Å²) < 4.78 is 16.5. The highest BCUT2D eigenvalue weighted by atomic mass is 32.2. The van der Waals surface area contributed by atoms with Crippen molar-refractivity contribution in [2.75, 3.05) is 32.3 Å². The minimum absolute atomic E-state index is 0.283. The minimum atomic E-state index is 0.283. The van der Waals surface area contributed by atoms with Crippen LogP contribution in [-0.2, 0) is 0 Å². The van der Waals surface area contributed by atoms with Crippen molar-refractivity contribution in [3.8, 4) is 17.2 Å². The monoisotopic (exact) mass is 401 g/mol. The molecular formula is C23H31NO3S. The maximum Gasteiger partial charge on any atom is 0.161 e. The topological polar surface area (TPSA) is 39.7 Å². The maximum absolute atomic E-state index is 5.80. The number of benzene rings is 2. The molecule has 5 heteroatoms. The lowest BCUT2D eigenvalue weighted by atomic mass is 9.89. The van der Waals surface area contributed by atoms with Gasteiger partial charge in [-0.3, -0.25) is 0 Å². The highest BCUT2D eigenvalue weighted by Crippen LogP contribution is 2.37. The molecule has 3 atom stereocenters. The molecule has 28 heavy (non-hydrogen) atoms. The molecule has 0 saturated carbocycles. The number of rotatable bonds is 8. The van der Waals surface area contributed by atoms with Gasteiger partial charge in [0.2, 0.25) is 0 Å². The van der Waals surface area contributed by atoms with E-state index in [0.717, 1.165) is 29.4 Å². The average molecular weight is 402 g/mol. The molecule has 152 valence electrons. The molecule has 1 heterocycles. The van der Waals surface area contributed by atoms with Crippen molar-refractivity contribution >= 4 is 11.8 Å². The van der Waals surface area contributed by atoms with Crippen LogP contribution in [-0.4, -0.2) is 38.4 Å². The standard InChI is InChI=1S/C23H31NO3S/c1-5-27-23-14-18(8-11-22(23)26-4)20-15-28-13-12-21(20)24-16(2)17-6-9-19(25-3)10-7-17/h6-11,14,16,20-21,24H,5,12-13,15H2,1-4H3/t16-,20-,21-/m1/s1. The molecule has 0 unspecified atom stereocenters. The van der Waals surface area contributed by atoms with E-state index < -0.39 is 0 Å². The number of methoxy groups -OCH3 is 2. The summed E-state index contributed by atoms with van der Waals surface area (Å²) >= 11 is 2.03. The van der Waals surface area contributed by atoms with Gasteiger partial charge in [-0.05, 0) is 61.4 Å². The van der Waals surface area contributed by atoms with Gasteiger partial charge in [0.05, 0.1) is 20.8 Å². The molecule has 0 amide bonds. The van der Waals surface area contributed by atoms with E-state index in [1.165, 1.54) is 16.9 Å². The molecule has 0 aromatic heterocycles. The van der Waals surface area contributed by atoms with Crippen LogP contribution < -0.4 is 19.5 Å². The van der Waals surface area contributed by atoms with Crippen molar-refractivity contribution < 1.29 is 14.2 Å². The summed E-state index contributed by atoms with van der Waals surface area (Å²) in [7, 11) is 3.39. The van der Waals surface area contributed by atoms with Gasteiger partial charge in [0, 0.05) is 23.8 Å². The lowest BCUT2D eigenvalue weighted by Gasteiger charge is -2.35. The first-order valence-electron chi connectivity index (χ1n) is 9.94. The Hall–Kier alpha value is -1.85. The second-order valence-electron chi connectivity index (χ2n) is 7.08. The van der Waals surface area contributed by atoms with E-state index in [4.69, 9.17) is 14.2 Å². The Morgan fingerprint density at radius 3 is 2.54 bits per heavy atom. The van der Waals surface area contributed by atoms with Crippen molar-refractivity contribution in [2.24, 2.45) is 0 Å². The molecule has 2 aromatic carbocycles. The lowest BCUT2D eigenvalue weighted by Crippen LogP contribution is -2.40. The Labute approximate surface area is 173 Å². The second-order valence-corrected chi connectivity index (χ2v) is 8.23. The van der Waals surface area contributed by atoms with Crippen LogP contribution in [0.5, 0.6) is 17.2 Å². The average Bonchev–Trinajstić information content (AvgIpc) is 2.74. The van der Waals surface area contributed by atoms with E-state index in [2.05, 4.69) is 36.5 Å². The molecule has 1 fully saturated rings. The van der Waals surface area contributed by atoms with Crippen LogP contribution in [0.25, 0.3) is 0 Å². The minimum Gasteiger partial charge on any atom is -0.497 e. The summed E-state index contributed by atoms with van der Waals surface area (Å²) in [5, 5.41) is 3.88. The summed E-state index contributed by atoms with van der Waals surface area (Å²) in [6.07, 6.45) is 1.16. The fraction of sp³-hybridized carbons (Fsp3) is 0.478. The third-order valence-corrected chi connectivity index (χ3v) is 6.47. The summed E-state index contributed by atoms with van der Waals surface area (Å²) in [6, 6.07) is 15.4. The van der Waals surface area contributed by atoms with Gasteiger partial charge in [-0.25, -0.2) is 0 Å². The van der Waals surface area contributed by atoms with E-state index in [-0.39, 0.29) is 6.04 Å². The van der Waals surface area contributed by atoms with E-state index in [1.54, 1.807) is 14.2 Å². The zero-order valence-electron chi connectivity index (χ0n) is 17.2. The third-order valence-electron chi connectivity index (χ3n) is 5.35. The van der Waals surface area contributed by atoms with Crippen molar-refractivity contribution in [1.29, 1.82) is 0 Å². The van der Waals surface area contributed by atoms with Crippen molar-refractivity contribution in [1.82, 2.24) is 5.32 Å². The van der Waals surface area contributed by atoms with Crippen LogP contribution in [0.3, 0.4) is 0 Å². The summed E-state index contributed by atoms with van der Waals surface area (Å²) in [5.41, 5.74) is 2.60. The van der Waals surface area contributed by atoms with Crippen LogP contribution in [0.15, 0.2) is 42.5 Å². The number of hydrogen-bond donors (Lipinski definition) is 1. The molecule has 3 rings (SSSR count). The molecule has 0 bridgehead atoms. The third kappa shape index (κ3) is 4.95. The summed E-state index contributed by atoms with van der Waals surface area (Å²) in [6.45, 7) is 4.87. The molecule has 1 aliphatic rings. The van der Waals surface area contributed by atoms with Gasteiger partial charge < -0.3 is 19.5 Å². The maximum atomic E-state index is 5.80. The predicted octanol–water partition coefficient (Wildman–Crippen LogP) is 5.04. The number of ether oxygens (including phenoxy) is 3. The Kier molecular flexibility index (Phi) is 7.51. The first kappa shape index (κ1) is 20.9. The quantitative estimate of drug-likeness (QED) is 0.671. The van der Waals surface area contributed by atoms with Crippen molar-refractivity contribution in [3.63, 3.8) is 0 Å². The largest absolute Gasteiger partial charge is 0.497 e. The SMILES string of the molecule is CCOc1cc([C@H]2CSCC[C@H]2N[C@H](C)c2ccc(OC)cc2)ccc1OC. The summed E-state index contributed by atoms with van der Waals surface area (Å²) in [4.78, 5) is 0. The van der Waals surface area contributed by atoms with Gasteiger partial charge in [0.25, 0.3) is 0 Å². The number of thioether (sulfide) groups is 1. The molecule has 1 saturated heterocycles. The number of hydrogen-bond acceptors (Lipinski definition) is 5. The van der Waals surface area contributed by atoms with Gasteiger partial charge in [0.15, 0.2) is 11.5 Å². The first-order chi connectivity index (χ1) is 13.7. The van der Waals surface area contributed by atoms with Gasteiger partial charge in [0.1, 0.15) is 5.75 Å². The highest BCUT2D eigenvalue weighted by molar-refractivity contribution is 7.99. The van der Waals surface area contributed by atoms with Crippen LogP contribution in [0.2, 0.25) is 0 Å². The first-order valence-corrected chi connectivity index (χ1v) is 11.1. The molecule has 0 spiro atoms. The second kappa shape index (κ2) is 10.1. The van der Waals surface area contributed by atoms with Crippen LogP contribution in [0.1, 0.15) is 43.4 Å². The van der Waals surface area contributed by atoms with Crippen LogP contribution >= 0.6 is 11.8 Å². The summed E-state index contributed by atoms with van der Waals surface area (Å²) in [5.74, 6) is 5.28. The Balaban J connectivity index is 1.77. The smallest absolute Gasteiger partial charge is 0.161 e. The van der Waals surface area contributed by atoms with E-state index >= 15 is 0 Å². The fourth-order valence-corrected chi connectivity index (χ4v) is 5.03. The van der Waals surface area contributed by atoms with E-state index in [0.29, 0.717) is 18.6 Å². The van der Waals surface area contributed by atoms with Gasteiger partial charge in [-0.1, -0.05) is 18.2 Å². The van der Waals surface area contributed by atoms with E-state index in [1.807, 2.05) is 36.9 Å². The molecule has 0 aliphatic carbocycles.